The highest BCUT2D eigenvalue weighted by Crippen LogP contribution is 2.43. The molecule has 2 aliphatic heterocycles. The third-order valence-corrected chi connectivity index (χ3v) is 5.43. The molecule has 9 heteroatoms. The smallest absolute Gasteiger partial charge is 0.231 e. The van der Waals surface area contributed by atoms with Crippen LogP contribution in [0.5, 0.6) is 23.0 Å². The van der Waals surface area contributed by atoms with E-state index in [2.05, 4.69) is 0 Å². The summed E-state index contributed by atoms with van der Waals surface area (Å²) in [6, 6.07) is 11.4. The van der Waals surface area contributed by atoms with Gasteiger partial charge in [0.05, 0.1) is 13.7 Å². The summed E-state index contributed by atoms with van der Waals surface area (Å²) in [7, 11) is 1.62. The fourth-order valence-corrected chi connectivity index (χ4v) is 3.67. The number of hydrogen-bond donors (Lipinski definition) is 4. The van der Waals surface area contributed by atoms with Gasteiger partial charge in [-0.1, -0.05) is 12.1 Å². The lowest BCUT2D eigenvalue weighted by Gasteiger charge is -2.39. The van der Waals surface area contributed by atoms with Gasteiger partial charge in [-0.3, -0.25) is 0 Å². The second-order valence-electron chi connectivity index (χ2n) is 7.49. The molecule has 5 atom stereocenters. The Labute approximate surface area is 179 Å². The molecule has 0 aliphatic carbocycles. The first kappa shape index (κ1) is 21.7. The van der Waals surface area contributed by atoms with Crippen LogP contribution in [0.15, 0.2) is 36.4 Å². The Balaban J connectivity index is 1.53. The molecule has 168 valence electrons. The minimum Gasteiger partial charge on any atom is -0.497 e. The van der Waals surface area contributed by atoms with Gasteiger partial charge in [0.2, 0.25) is 18.8 Å². The molecule has 31 heavy (non-hydrogen) atoms. The minimum absolute atomic E-state index is 0.0275. The maximum atomic E-state index is 10.3. The molecule has 1 fully saturated rings. The van der Waals surface area contributed by atoms with Crippen LogP contribution in [0.4, 0.5) is 0 Å². The minimum atomic E-state index is -1.53. The Morgan fingerprint density at radius 1 is 0.968 bits per heavy atom. The normalized spacial score (nSPS) is 27.2. The topological polar surface area (TPSA) is 127 Å². The molecule has 9 nitrogen and oxygen atoms in total. The predicted octanol–water partition coefficient (Wildman–Crippen LogP) is 0.388. The third kappa shape index (κ3) is 4.56. The van der Waals surface area contributed by atoms with Gasteiger partial charge in [-0.15, -0.1) is 0 Å². The molecule has 4 N–H and O–H groups in total. The Morgan fingerprint density at radius 3 is 2.55 bits per heavy atom. The summed E-state index contributed by atoms with van der Waals surface area (Å²) in [4.78, 5) is 0. The van der Waals surface area contributed by atoms with E-state index < -0.39 is 37.3 Å². The second-order valence-corrected chi connectivity index (χ2v) is 7.49. The number of benzene rings is 2. The van der Waals surface area contributed by atoms with E-state index in [9.17, 15) is 20.4 Å². The molecule has 0 unspecified atom stereocenters. The van der Waals surface area contributed by atoms with Crippen molar-refractivity contribution in [3.8, 4) is 23.0 Å². The first-order valence-electron chi connectivity index (χ1n) is 10.0. The fraction of sp³-hybridized carbons (Fsp3) is 0.455. The fourth-order valence-electron chi connectivity index (χ4n) is 3.67. The van der Waals surface area contributed by atoms with Crippen LogP contribution in [0.2, 0.25) is 0 Å². The summed E-state index contributed by atoms with van der Waals surface area (Å²) in [5, 5.41) is 39.6. The van der Waals surface area contributed by atoms with Crippen molar-refractivity contribution in [2.24, 2.45) is 0 Å². The van der Waals surface area contributed by atoms with Gasteiger partial charge >= 0.3 is 0 Å². The highest BCUT2D eigenvalue weighted by Gasteiger charge is 2.45. The molecular weight excluding hydrogens is 408 g/mol. The molecule has 0 saturated carbocycles. The van der Waals surface area contributed by atoms with Gasteiger partial charge in [-0.2, -0.15) is 0 Å². The van der Waals surface area contributed by atoms with Crippen LogP contribution < -0.4 is 18.9 Å². The number of aliphatic hydroxyl groups is 4. The number of rotatable bonds is 7. The number of aliphatic hydroxyl groups excluding tert-OH is 4. The SMILES string of the molecule is COc1cccc(CCc2cc3c(c(O[C@@H]4O[C@H](CO)[C@@H](O)[C@H](O)[C@H]4O)c2)OCO3)c1. The molecule has 4 rings (SSSR count). The first-order chi connectivity index (χ1) is 15.0. The molecular formula is C22H26O9. The highest BCUT2D eigenvalue weighted by atomic mass is 16.7. The lowest BCUT2D eigenvalue weighted by Crippen LogP contribution is -2.60. The molecule has 2 aromatic carbocycles. The Morgan fingerprint density at radius 2 is 1.77 bits per heavy atom. The van der Waals surface area contributed by atoms with Gasteiger partial charge in [0.1, 0.15) is 30.2 Å². The number of fused-ring (bicyclic) bond motifs is 1. The quantitative estimate of drug-likeness (QED) is 0.489. The lowest BCUT2D eigenvalue weighted by atomic mass is 9.99. The van der Waals surface area contributed by atoms with E-state index in [0.717, 1.165) is 23.3 Å². The van der Waals surface area contributed by atoms with Crippen molar-refractivity contribution < 1.29 is 44.1 Å². The molecule has 2 aromatic rings. The summed E-state index contributed by atoms with van der Waals surface area (Å²) in [5.41, 5.74) is 2.01. The lowest BCUT2D eigenvalue weighted by molar-refractivity contribution is -0.277. The summed E-state index contributed by atoms with van der Waals surface area (Å²) >= 11 is 0. The van der Waals surface area contributed by atoms with Gasteiger partial charge in [0.25, 0.3) is 0 Å². The highest BCUT2D eigenvalue weighted by molar-refractivity contribution is 5.55. The van der Waals surface area contributed by atoms with Gasteiger partial charge in [-0.25, -0.2) is 0 Å². The largest absolute Gasteiger partial charge is 0.497 e. The van der Waals surface area contributed by atoms with Crippen LogP contribution in [0.25, 0.3) is 0 Å². The third-order valence-electron chi connectivity index (χ3n) is 5.43. The van der Waals surface area contributed by atoms with Crippen LogP contribution in [-0.2, 0) is 17.6 Å². The van der Waals surface area contributed by atoms with Crippen molar-refractivity contribution in [3.05, 3.63) is 47.5 Å². The van der Waals surface area contributed by atoms with E-state index in [0.29, 0.717) is 17.9 Å². The van der Waals surface area contributed by atoms with E-state index in [1.165, 1.54) is 0 Å². The molecule has 2 heterocycles. The monoisotopic (exact) mass is 434 g/mol. The number of ether oxygens (including phenoxy) is 5. The van der Waals surface area contributed by atoms with Gasteiger partial charge < -0.3 is 44.1 Å². The summed E-state index contributed by atoms with van der Waals surface area (Å²) in [5.74, 6) is 1.93. The van der Waals surface area contributed by atoms with E-state index in [-0.39, 0.29) is 12.5 Å². The first-order valence-corrected chi connectivity index (χ1v) is 10.0. The van der Waals surface area contributed by atoms with Crippen LogP contribution >= 0.6 is 0 Å². The van der Waals surface area contributed by atoms with Crippen molar-refractivity contribution in [1.29, 1.82) is 0 Å². The zero-order valence-corrected chi connectivity index (χ0v) is 17.0. The number of hydrogen-bond acceptors (Lipinski definition) is 9. The van der Waals surface area contributed by atoms with Crippen molar-refractivity contribution in [3.63, 3.8) is 0 Å². The van der Waals surface area contributed by atoms with Crippen molar-refractivity contribution >= 4 is 0 Å². The summed E-state index contributed by atoms with van der Waals surface area (Å²) in [6.45, 7) is -0.511. The maximum absolute atomic E-state index is 10.3. The van der Waals surface area contributed by atoms with E-state index in [4.69, 9.17) is 23.7 Å². The molecule has 1 saturated heterocycles. The Kier molecular flexibility index (Phi) is 6.49. The van der Waals surface area contributed by atoms with E-state index in [1.807, 2.05) is 30.3 Å². The maximum Gasteiger partial charge on any atom is 0.231 e. The number of aryl methyl sites for hydroxylation is 2. The summed E-state index contributed by atoms with van der Waals surface area (Å²) in [6.07, 6.45) is -5.46. The molecule has 0 amide bonds. The van der Waals surface area contributed by atoms with Crippen molar-refractivity contribution in [1.82, 2.24) is 0 Å². The molecule has 0 bridgehead atoms. The summed E-state index contributed by atoms with van der Waals surface area (Å²) < 4.78 is 27.5. The van der Waals surface area contributed by atoms with Crippen molar-refractivity contribution in [2.45, 2.75) is 43.5 Å². The van der Waals surface area contributed by atoms with Crippen LogP contribution in [0.3, 0.4) is 0 Å². The molecule has 0 aromatic heterocycles. The van der Waals surface area contributed by atoms with Crippen molar-refractivity contribution in [2.75, 3.05) is 20.5 Å². The van der Waals surface area contributed by atoms with Gasteiger partial charge in [0.15, 0.2) is 11.5 Å². The zero-order valence-electron chi connectivity index (χ0n) is 17.0. The Bertz CT molecular complexity index is 901. The number of methoxy groups -OCH3 is 1. The second kappa shape index (κ2) is 9.29. The van der Waals surface area contributed by atoms with E-state index >= 15 is 0 Å². The Hall–Kier alpha value is -2.56. The van der Waals surface area contributed by atoms with Gasteiger partial charge in [0, 0.05) is 0 Å². The van der Waals surface area contributed by atoms with Crippen LogP contribution in [0, 0.1) is 0 Å². The molecule has 0 radical (unpaired) electrons. The predicted molar refractivity (Wildman–Crippen MR) is 107 cm³/mol. The van der Waals surface area contributed by atoms with Crippen LogP contribution in [-0.4, -0.2) is 71.6 Å². The average molecular weight is 434 g/mol. The average Bonchev–Trinajstić information content (AvgIpc) is 3.27. The zero-order chi connectivity index (χ0) is 22.0. The molecule has 0 spiro atoms. The molecule has 2 aliphatic rings. The van der Waals surface area contributed by atoms with Crippen LogP contribution in [0.1, 0.15) is 11.1 Å². The van der Waals surface area contributed by atoms with E-state index in [1.54, 1.807) is 13.2 Å². The standard InChI is InChI=1S/C22H26O9/c1-27-14-4-2-3-12(7-14)5-6-13-8-15-21(29-11-28-15)16(9-13)30-22-20(26)19(25)18(24)17(10-23)31-22/h2-4,7-9,17-20,22-26H,5-6,10-11H2,1H3/t17-,18-,19+,20-,22-/m1/s1. The van der Waals surface area contributed by atoms with Gasteiger partial charge in [-0.05, 0) is 48.2 Å².